The second kappa shape index (κ2) is 5.66. The van der Waals surface area contributed by atoms with Crippen LogP contribution in [0.5, 0.6) is 0 Å². The van der Waals surface area contributed by atoms with Gasteiger partial charge in [-0.1, -0.05) is 27.5 Å². The first-order valence-corrected chi connectivity index (χ1v) is 7.64. The summed E-state index contributed by atoms with van der Waals surface area (Å²) in [6, 6.07) is 7.91. The summed E-state index contributed by atoms with van der Waals surface area (Å²) in [7, 11) is 3.92. The fraction of sp³-hybridized carbons (Fsp3) is 0.200. The van der Waals surface area contributed by atoms with Crippen LogP contribution in [-0.2, 0) is 13.6 Å². The first-order valence-electron chi connectivity index (χ1n) is 6.47. The van der Waals surface area contributed by atoms with Crippen LogP contribution >= 0.6 is 27.5 Å². The molecule has 0 amide bonds. The van der Waals surface area contributed by atoms with Gasteiger partial charge >= 0.3 is 0 Å². The predicted octanol–water partition coefficient (Wildman–Crippen LogP) is 4.02. The fourth-order valence-electron chi connectivity index (χ4n) is 2.27. The summed E-state index contributed by atoms with van der Waals surface area (Å²) in [4.78, 5) is 6.74. The minimum atomic E-state index is 0.649. The Bertz CT molecular complexity index is 799. The molecule has 1 aromatic carbocycles. The Labute approximate surface area is 136 Å². The highest BCUT2D eigenvalue weighted by Gasteiger charge is 2.08. The monoisotopic (exact) mass is 364 g/mol. The summed E-state index contributed by atoms with van der Waals surface area (Å²) in [6.45, 7) is 0.750. The van der Waals surface area contributed by atoms with Crippen molar-refractivity contribution in [2.75, 3.05) is 11.9 Å². The molecule has 2 heterocycles. The number of hydrogen-bond donors (Lipinski definition) is 0. The molecule has 0 aliphatic carbocycles. The molecule has 0 aliphatic heterocycles. The molecule has 6 heteroatoms. The molecule has 0 saturated carbocycles. The van der Waals surface area contributed by atoms with Crippen LogP contribution < -0.4 is 4.90 Å². The number of anilines is 1. The molecule has 0 fully saturated rings. The first-order chi connectivity index (χ1) is 10.0. The van der Waals surface area contributed by atoms with Crippen molar-refractivity contribution in [3.63, 3.8) is 0 Å². The summed E-state index contributed by atoms with van der Waals surface area (Å²) in [5.74, 6) is 0.885. The molecule has 0 N–H and O–H groups in total. The number of hydrogen-bond acceptors (Lipinski definition) is 3. The van der Waals surface area contributed by atoms with Gasteiger partial charge in [0.15, 0.2) is 0 Å². The highest BCUT2D eigenvalue weighted by atomic mass is 79.9. The number of aryl methyl sites for hydroxylation is 1. The summed E-state index contributed by atoms with van der Waals surface area (Å²) < 4.78 is 2.75. The SMILES string of the molecule is CN(Cc1cnn(C)c1)c1ccc2cc(Br)cc(Cl)c2n1. The lowest BCUT2D eigenvalue weighted by Gasteiger charge is -2.18. The average molecular weight is 366 g/mol. The van der Waals surface area contributed by atoms with Crippen LogP contribution in [-0.4, -0.2) is 21.8 Å². The van der Waals surface area contributed by atoms with Crippen LogP contribution in [0.15, 0.2) is 41.1 Å². The fourth-order valence-corrected chi connectivity index (χ4v) is 3.14. The van der Waals surface area contributed by atoms with Crippen LogP contribution in [0.25, 0.3) is 10.9 Å². The summed E-state index contributed by atoms with van der Waals surface area (Å²) in [5, 5.41) is 5.85. The van der Waals surface area contributed by atoms with Crippen molar-refractivity contribution in [2.24, 2.45) is 7.05 Å². The minimum absolute atomic E-state index is 0.649. The van der Waals surface area contributed by atoms with Crippen LogP contribution in [0, 0.1) is 0 Å². The molecule has 4 nitrogen and oxygen atoms in total. The normalized spacial score (nSPS) is 11.0. The Morgan fingerprint density at radius 3 is 2.86 bits per heavy atom. The number of rotatable bonds is 3. The molecular formula is C15H14BrClN4. The van der Waals surface area contributed by atoms with Gasteiger partial charge in [-0.15, -0.1) is 0 Å². The Kier molecular flexibility index (Phi) is 3.87. The standard InChI is InChI=1S/C15H14BrClN4/c1-20(8-10-7-18-21(2)9-10)14-4-3-11-5-12(16)6-13(17)15(11)19-14/h3-7,9H,8H2,1-2H3. The van der Waals surface area contributed by atoms with E-state index in [0.717, 1.165) is 33.3 Å². The Balaban J connectivity index is 1.93. The van der Waals surface area contributed by atoms with E-state index in [0.29, 0.717) is 5.02 Å². The average Bonchev–Trinajstić information content (AvgIpc) is 2.83. The highest BCUT2D eigenvalue weighted by Crippen LogP contribution is 2.28. The molecule has 2 aromatic heterocycles. The second-order valence-electron chi connectivity index (χ2n) is 5.01. The maximum absolute atomic E-state index is 6.28. The minimum Gasteiger partial charge on any atom is -0.355 e. The summed E-state index contributed by atoms with van der Waals surface area (Å²) >= 11 is 9.72. The van der Waals surface area contributed by atoms with E-state index >= 15 is 0 Å². The molecule has 0 bridgehead atoms. The molecule has 108 valence electrons. The molecule has 0 spiro atoms. The maximum atomic E-state index is 6.28. The molecular weight excluding hydrogens is 352 g/mol. The van der Waals surface area contributed by atoms with Gasteiger partial charge in [0.1, 0.15) is 5.82 Å². The van der Waals surface area contributed by atoms with Gasteiger partial charge in [0.2, 0.25) is 0 Å². The lowest BCUT2D eigenvalue weighted by molar-refractivity contribution is 0.766. The van der Waals surface area contributed by atoms with Gasteiger partial charge < -0.3 is 4.90 Å². The molecule has 0 atom stereocenters. The van der Waals surface area contributed by atoms with E-state index in [1.807, 2.05) is 50.8 Å². The Morgan fingerprint density at radius 2 is 2.14 bits per heavy atom. The largest absolute Gasteiger partial charge is 0.355 e. The molecule has 3 rings (SSSR count). The molecule has 21 heavy (non-hydrogen) atoms. The first kappa shape index (κ1) is 14.4. The Hall–Kier alpha value is -1.59. The smallest absolute Gasteiger partial charge is 0.129 e. The van der Waals surface area contributed by atoms with Crippen molar-refractivity contribution in [3.8, 4) is 0 Å². The van der Waals surface area contributed by atoms with E-state index in [1.165, 1.54) is 0 Å². The van der Waals surface area contributed by atoms with Gasteiger partial charge in [-0.05, 0) is 24.3 Å². The van der Waals surface area contributed by atoms with Gasteiger partial charge in [0, 0.05) is 42.3 Å². The van der Waals surface area contributed by atoms with E-state index in [9.17, 15) is 0 Å². The van der Waals surface area contributed by atoms with Gasteiger partial charge in [-0.3, -0.25) is 4.68 Å². The summed E-state index contributed by atoms with van der Waals surface area (Å²) in [5.41, 5.74) is 1.96. The lowest BCUT2D eigenvalue weighted by Crippen LogP contribution is -2.17. The van der Waals surface area contributed by atoms with Crippen molar-refractivity contribution in [3.05, 3.63) is 51.7 Å². The van der Waals surface area contributed by atoms with Crippen LogP contribution in [0.2, 0.25) is 5.02 Å². The Morgan fingerprint density at radius 1 is 1.33 bits per heavy atom. The number of halogens is 2. The predicted molar refractivity (Wildman–Crippen MR) is 89.8 cm³/mol. The van der Waals surface area contributed by atoms with Gasteiger partial charge in [-0.2, -0.15) is 5.10 Å². The highest BCUT2D eigenvalue weighted by molar-refractivity contribution is 9.10. The van der Waals surface area contributed by atoms with Gasteiger partial charge in [0.05, 0.1) is 16.7 Å². The number of fused-ring (bicyclic) bond motifs is 1. The summed E-state index contributed by atoms with van der Waals surface area (Å²) in [6.07, 6.45) is 3.86. The third-order valence-electron chi connectivity index (χ3n) is 3.27. The van der Waals surface area contributed by atoms with Crippen molar-refractivity contribution >= 4 is 44.3 Å². The van der Waals surface area contributed by atoms with E-state index < -0.39 is 0 Å². The third kappa shape index (κ3) is 3.04. The quantitative estimate of drug-likeness (QED) is 0.703. The van der Waals surface area contributed by atoms with Crippen molar-refractivity contribution in [2.45, 2.75) is 6.54 Å². The zero-order valence-corrected chi connectivity index (χ0v) is 14.1. The van der Waals surface area contributed by atoms with Gasteiger partial charge in [-0.25, -0.2) is 4.98 Å². The number of aromatic nitrogens is 3. The second-order valence-corrected chi connectivity index (χ2v) is 6.33. The number of benzene rings is 1. The zero-order chi connectivity index (χ0) is 15.0. The van der Waals surface area contributed by atoms with Crippen molar-refractivity contribution < 1.29 is 0 Å². The molecule has 0 radical (unpaired) electrons. The van der Waals surface area contributed by atoms with Crippen LogP contribution in [0.3, 0.4) is 0 Å². The van der Waals surface area contributed by atoms with Crippen LogP contribution in [0.1, 0.15) is 5.56 Å². The van der Waals surface area contributed by atoms with Crippen molar-refractivity contribution in [1.82, 2.24) is 14.8 Å². The zero-order valence-electron chi connectivity index (χ0n) is 11.7. The van der Waals surface area contributed by atoms with E-state index in [2.05, 4.69) is 30.9 Å². The lowest BCUT2D eigenvalue weighted by atomic mass is 10.2. The molecule has 0 unspecified atom stereocenters. The molecule has 0 saturated heterocycles. The molecule has 3 aromatic rings. The van der Waals surface area contributed by atoms with Gasteiger partial charge in [0.25, 0.3) is 0 Å². The van der Waals surface area contributed by atoms with Crippen molar-refractivity contribution in [1.29, 1.82) is 0 Å². The molecule has 0 aliphatic rings. The third-order valence-corrected chi connectivity index (χ3v) is 4.01. The number of pyridine rings is 1. The van der Waals surface area contributed by atoms with E-state index in [1.54, 1.807) is 4.68 Å². The van der Waals surface area contributed by atoms with Crippen LogP contribution in [0.4, 0.5) is 5.82 Å². The number of nitrogens with zero attached hydrogens (tertiary/aromatic N) is 4. The van der Waals surface area contributed by atoms with E-state index in [4.69, 9.17) is 11.6 Å². The maximum Gasteiger partial charge on any atom is 0.129 e. The topological polar surface area (TPSA) is 34.0 Å². The van der Waals surface area contributed by atoms with E-state index in [-0.39, 0.29) is 0 Å².